The molecule has 0 rings (SSSR count). The maximum absolute atomic E-state index is 9.90. The monoisotopic (exact) mass is 320 g/mol. The predicted octanol–water partition coefficient (Wildman–Crippen LogP) is 3.01. The van der Waals surface area contributed by atoms with E-state index in [1.165, 1.54) is 0 Å². The normalized spacial score (nSPS) is 12.2. The number of hydrogen-bond donors (Lipinski definition) is 4. The van der Waals surface area contributed by atoms with Crippen molar-refractivity contribution in [3.63, 3.8) is 0 Å². The average molecular weight is 320 g/mol. The van der Waals surface area contributed by atoms with Crippen molar-refractivity contribution < 1.29 is 30.0 Å². The van der Waals surface area contributed by atoms with Crippen molar-refractivity contribution in [3.8, 4) is 0 Å². The summed E-state index contributed by atoms with van der Waals surface area (Å²) in [7, 11) is 0. The molecule has 0 saturated heterocycles. The van der Waals surface area contributed by atoms with Crippen molar-refractivity contribution in [3.05, 3.63) is 0 Å². The van der Waals surface area contributed by atoms with Crippen LogP contribution in [-0.2, 0) is 9.59 Å². The molecule has 0 spiro atoms. The fraction of sp³-hybridized carbons (Fsp3) is 0.875. The fourth-order valence-electron chi connectivity index (χ4n) is 2.05. The minimum atomic E-state index is -1.44. The Balaban J connectivity index is 0. The summed E-state index contributed by atoms with van der Waals surface area (Å²) in [6.45, 7) is 5.95. The molecule has 0 aromatic carbocycles. The van der Waals surface area contributed by atoms with E-state index in [4.69, 9.17) is 10.2 Å². The molecule has 22 heavy (non-hydrogen) atoms. The molecule has 0 amide bonds. The van der Waals surface area contributed by atoms with E-state index in [2.05, 4.69) is 6.92 Å². The zero-order valence-electron chi connectivity index (χ0n) is 14.0. The van der Waals surface area contributed by atoms with Crippen LogP contribution in [0.5, 0.6) is 0 Å². The summed E-state index contributed by atoms with van der Waals surface area (Å²) in [5.74, 6) is -3.14. The van der Waals surface area contributed by atoms with Crippen LogP contribution in [0.1, 0.15) is 78.6 Å². The van der Waals surface area contributed by atoms with E-state index in [0.717, 1.165) is 25.7 Å². The molecule has 1 unspecified atom stereocenters. The lowest BCUT2D eigenvalue weighted by atomic mass is 9.89. The Morgan fingerprint density at radius 3 is 1.64 bits per heavy atom. The minimum Gasteiger partial charge on any atom is -0.481 e. The summed E-state index contributed by atoms with van der Waals surface area (Å²) in [5.41, 5.74) is 0. The topological polar surface area (TPSA) is 115 Å². The van der Waals surface area contributed by atoms with Gasteiger partial charge in [-0.1, -0.05) is 33.6 Å². The highest BCUT2D eigenvalue weighted by atomic mass is 16.5. The summed E-state index contributed by atoms with van der Waals surface area (Å²) >= 11 is 0. The summed E-state index contributed by atoms with van der Waals surface area (Å²) in [4.78, 5) is 19.8. The van der Waals surface area contributed by atoms with E-state index in [-0.39, 0.29) is 18.8 Å². The van der Waals surface area contributed by atoms with Gasteiger partial charge in [-0.05, 0) is 32.1 Å². The maximum atomic E-state index is 9.90. The molecule has 0 aliphatic rings. The number of carboxylic acids is 2. The van der Waals surface area contributed by atoms with Gasteiger partial charge in [0.25, 0.3) is 0 Å². The van der Waals surface area contributed by atoms with Gasteiger partial charge in [-0.3, -0.25) is 9.59 Å². The van der Waals surface area contributed by atoms with Crippen LogP contribution in [0.4, 0.5) is 0 Å². The van der Waals surface area contributed by atoms with Gasteiger partial charge in [-0.25, -0.2) is 0 Å². The molecule has 0 aliphatic carbocycles. The number of rotatable bonds is 11. The molecule has 0 aromatic rings. The Labute approximate surface area is 133 Å². The van der Waals surface area contributed by atoms with Crippen LogP contribution in [0.2, 0.25) is 0 Å². The summed E-state index contributed by atoms with van der Waals surface area (Å²) in [6.07, 6.45) is 5.42. The van der Waals surface area contributed by atoms with Crippen LogP contribution in [0.3, 0.4) is 0 Å². The summed E-state index contributed by atoms with van der Waals surface area (Å²) in [5, 5.41) is 35.4. The Morgan fingerprint density at radius 1 is 0.909 bits per heavy atom. The van der Waals surface area contributed by atoms with Gasteiger partial charge in [0.05, 0.1) is 0 Å². The van der Waals surface area contributed by atoms with Gasteiger partial charge in [-0.15, -0.1) is 0 Å². The maximum Gasteiger partial charge on any atom is 0.303 e. The Morgan fingerprint density at radius 2 is 1.36 bits per heavy atom. The molecule has 0 aromatic heterocycles. The third-order valence-electron chi connectivity index (χ3n) is 3.60. The number of hydrogen-bond acceptors (Lipinski definition) is 4. The highest BCUT2D eigenvalue weighted by molar-refractivity contribution is 5.67. The Hall–Kier alpha value is -1.14. The largest absolute Gasteiger partial charge is 0.481 e. The summed E-state index contributed by atoms with van der Waals surface area (Å²) < 4.78 is 0. The van der Waals surface area contributed by atoms with Crippen molar-refractivity contribution in [1.29, 1.82) is 0 Å². The van der Waals surface area contributed by atoms with Crippen molar-refractivity contribution in [2.45, 2.75) is 84.3 Å². The van der Waals surface area contributed by atoms with Gasteiger partial charge in [0, 0.05) is 18.8 Å². The Bertz CT molecular complexity index is 285. The first kappa shape index (κ1) is 23.1. The fourth-order valence-corrected chi connectivity index (χ4v) is 2.05. The molecule has 0 fully saturated rings. The van der Waals surface area contributed by atoms with Gasteiger partial charge in [0.2, 0.25) is 0 Å². The Kier molecular flexibility index (Phi) is 14.2. The molecule has 0 aliphatic heterocycles. The van der Waals surface area contributed by atoms with Crippen molar-refractivity contribution in [1.82, 2.24) is 0 Å². The molecular formula is C16H32O6. The van der Waals surface area contributed by atoms with E-state index < -0.39 is 17.7 Å². The number of unbranched alkanes of at least 4 members (excludes halogenated alkanes) is 2. The predicted molar refractivity (Wildman–Crippen MR) is 84.5 cm³/mol. The van der Waals surface area contributed by atoms with Crippen molar-refractivity contribution in [2.75, 3.05) is 0 Å². The lowest BCUT2D eigenvalue weighted by Crippen LogP contribution is -2.36. The van der Waals surface area contributed by atoms with Crippen LogP contribution in [0.15, 0.2) is 0 Å². The standard InChI is InChI=1S/C10H22O2.C6H10O4/c1-4-7-8-9(5-2)10(11,12)6-3;7-5(8)3-1-2-4-6(9)10/h9,11-12H,4-8H2,1-3H3;1-4H2,(H,7,8)(H,9,10). The van der Waals surface area contributed by atoms with Crippen LogP contribution in [0.25, 0.3) is 0 Å². The minimum absolute atomic E-state index is 0.0439. The number of aliphatic hydroxyl groups is 2. The lowest BCUT2D eigenvalue weighted by Gasteiger charge is -2.29. The van der Waals surface area contributed by atoms with Gasteiger partial charge in [0.15, 0.2) is 5.79 Å². The highest BCUT2D eigenvalue weighted by Gasteiger charge is 2.30. The quantitative estimate of drug-likeness (QED) is 0.343. The number of aliphatic carboxylic acids is 2. The van der Waals surface area contributed by atoms with Gasteiger partial charge < -0.3 is 20.4 Å². The molecular weight excluding hydrogens is 288 g/mol. The highest BCUT2D eigenvalue weighted by Crippen LogP contribution is 2.26. The molecule has 0 saturated carbocycles. The first-order chi connectivity index (χ1) is 10.2. The van der Waals surface area contributed by atoms with Crippen molar-refractivity contribution >= 4 is 11.9 Å². The molecule has 0 heterocycles. The summed E-state index contributed by atoms with van der Waals surface area (Å²) in [6, 6.07) is 0. The molecule has 6 nitrogen and oxygen atoms in total. The van der Waals surface area contributed by atoms with E-state index in [9.17, 15) is 19.8 Å². The van der Waals surface area contributed by atoms with E-state index in [0.29, 0.717) is 19.3 Å². The first-order valence-electron chi connectivity index (χ1n) is 8.09. The smallest absolute Gasteiger partial charge is 0.303 e. The van der Waals surface area contributed by atoms with Crippen molar-refractivity contribution in [2.24, 2.45) is 5.92 Å². The van der Waals surface area contributed by atoms with Crippen LogP contribution in [0, 0.1) is 5.92 Å². The molecule has 0 bridgehead atoms. The SMILES string of the molecule is CCCCC(CC)C(O)(O)CC.O=C(O)CCCCC(=O)O. The molecule has 4 N–H and O–H groups in total. The van der Waals surface area contributed by atoms with Gasteiger partial charge in [0.1, 0.15) is 0 Å². The second-order valence-corrected chi connectivity index (χ2v) is 5.47. The van der Waals surface area contributed by atoms with Crippen LogP contribution in [-0.4, -0.2) is 38.2 Å². The van der Waals surface area contributed by atoms with Crippen LogP contribution >= 0.6 is 0 Å². The first-order valence-corrected chi connectivity index (χ1v) is 8.09. The van der Waals surface area contributed by atoms with E-state index >= 15 is 0 Å². The van der Waals surface area contributed by atoms with Gasteiger partial charge in [-0.2, -0.15) is 0 Å². The van der Waals surface area contributed by atoms with Crippen LogP contribution < -0.4 is 0 Å². The number of carbonyl (C=O) groups is 2. The van der Waals surface area contributed by atoms with Gasteiger partial charge >= 0.3 is 11.9 Å². The third-order valence-corrected chi connectivity index (χ3v) is 3.60. The molecule has 0 radical (unpaired) electrons. The van der Waals surface area contributed by atoms with E-state index in [1.807, 2.05) is 13.8 Å². The molecule has 6 heteroatoms. The third kappa shape index (κ3) is 13.8. The van der Waals surface area contributed by atoms with E-state index in [1.54, 1.807) is 0 Å². The number of carboxylic acid groups (broad SMARTS) is 2. The second-order valence-electron chi connectivity index (χ2n) is 5.47. The average Bonchev–Trinajstić information content (AvgIpc) is 2.44. The molecule has 132 valence electrons. The zero-order chi connectivity index (χ0) is 17.6. The second kappa shape index (κ2) is 13.5. The zero-order valence-corrected chi connectivity index (χ0v) is 14.0. The lowest BCUT2D eigenvalue weighted by molar-refractivity contribution is -0.204. The molecule has 1 atom stereocenters.